The monoisotopic (exact) mass is 194 g/mol. The topological polar surface area (TPSA) is 45.8 Å². The fraction of sp³-hybridized carbons (Fsp3) is 0.333. The first-order chi connectivity index (χ1) is 6.22. The summed E-state index contributed by atoms with van der Waals surface area (Å²) >= 11 is 1.53. The van der Waals surface area contributed by atoms with E-state index in [0.717, 1.165) is 28.0 Å². The second kappa shape index (κ2) is 2.96. The highest BCUT2D eigenvalue weighted by Gasteiger charge is 2.06. The number of hydrogen-bond acceptors (Lipinski definition) is 3. The molecule has 2 aromatic heterocycles. The van der Waals surface area contributed by atoms with E-state index in [2.05, 4.69) is 9.97 Å². The predicted octanol–water partition coefficient (Wildman–Crippen LogP) is 1.86. The molecule has 13 heavy (non-hydrogen) atoms. The van der Waals surface area contributed by atoms with Gasteiger partial charge >= 0.3 is 0 Å². The summed E-state index contributed by atoms with van der Waals surface area (Å²) < 4.78 is 0. The molecule has 2 aromatic rings. The van der Waals surface area contributed by atoms with Crippen molar-refractivity contribution in [3.05, 3.63) is 27.1 Å². The Morgan fingerprint density at radius 3 is 3.08 bits per heavy atom. The quantitative estimate of drug-likeness (QED) is 0.753. The highest BCUT2D eigenvalue weighted by Crippen LogP contribution is 2.19. The van der Waals surface area contributed by atoms with Crippen molar-refractivity contribution in [2.75, 3.05) is 0 Å². The van der Waals surface area contributed by atoms with E-state index in [1.165, 1.54) is 11.3 Å². The van der Waals surface area contributed by atoms with E-state index in [-0.39, 0.29) is 5.56 Å². The van der Waals surface area contributed by atoms with Crippen molar-refractivity contribution in [3.63, 3.8) is 0 Å². The van der Waals surface area contributed by atoms with Gasteiger partial charge in [-0.05, 0) is 17.9 Å². The third-order valence-electron chi connectivity index (χ3n) is 2.01. The lowest BCUT2D eigenvalue weighted by atomic mass is 10.3. The molecule has 0 bridgehead atoms. The second-order valence-corrected chi connectivity index (χ2v) is 3.82. The summed E-state index contributed by atoms with van der Waals surface area (Å²) in [5, 5.41) is 2.70. The Morgan fingerprint density at radius 1 is 1.62 bits per heavy atom. The van der Waals surface area contributed by atoms with E-state index in [0.29, 0.717) is 0 Å². The Balaban J connectivity index is 2.87. The third kappa shape index (κ3) is 1.27. The Bertz CT molecular complexity index is 498. The van der Waals surface area contributed by atoms with E-state index < -0.39 is 0 Å². The van der Waals surface area contributed by atoms with Gasteiger partial charge < -0.3 is 4.98 Å². The van der Waals surface area contributed by atoms with E-state index in [1.807, 2.05) is 19.2 Å². The van der Waals surface area contributed by atoms with Crippen molar-refractivity contribution in [2.24, 2.45) is 0 Å². The fourth-order valence-corrected chi connectivity index (χ4v) is 2.24. The molecule has 0 amide bonds. The van der Waals surface area contributed by atoms with Crippen LogP contribution in [0.3, 0.4) is 0 Å². The molecular formula is C9H10N2OS. The Labute approximate surface area is 79.4 Å². The van der Waals surface area contributed by atoms with Gasteiger partial charge in [0, 0.05) is 6.42 Å². The molecule has 0 aromatic carbocycles. The SMILES string of the molecule is CCc1nc2scc(C)c2c(=O)[nH]1. The second-order valence-electron chi connectivity index (χ2n) is 2.97. The molecule has 0 unspecified atom stereocenters. The van der Waals surface area contributed by atoms with Gasteiger partial charge in [0.05, 0.1) is 5.39 Å². The summed E-state index contributed by atoms with van der Waals surface area (Å²) in [6, 6.07) is 0. The minimum Gasteiger partial charge on any atom is -0.310 e. The van der Waals surface area contributed by atoms with Crippen molar-refractivity contribution in [3.8, 4) is 0 Å². The van der Waals surface area contributed by atoms with Gasteiger partial charge in [-0.3, -0.25) is 4.79 Å². The van der Waals surface area contributed by atoms with Gasteiger partial charge in [-0.1, -0.05) is 6.92 Å². The van der Waals surface area contributed by atoms with Crippen molar-refractivity contribution >= 4 is 21.6 Å². The van der Waals surface area contributed by atoms with Crippen LogP contribution in [0, 0.1) is 6.92 Å². The molecule has 0 radical (unpaired) electrons. The number of thiophene rings is 1. The van der Waals surface area contributed by atoms with Crippen LogP contribution in [-0.2, 0) is 6.42 Å². The third-order valence-corrected chi connectivity index (χ3v) is 3.00. The van der Waals surface area contributed by atoms with Gasteiger partial charge in [-0.2, -0.15) is 0 Å². The van der Waals surface area contributed by atoms with Gasteiger partial charge in [-0.25, -0.2) is 4.98 Å². The van der Waals surface area contributed by atoms with E-state index in [4.69, 9.17) is 0 Å². The lowest BCUT2D eigenvalue weighted by Crippen LogP contribution is -2.10. The van der Waals surface area contributed by atoms with E-state index >= 15 is 0 Å². The van der Waals surface area contributed by atoms with Crippen LogP contribution < -0.4 is 5.56 Å². The molecule has 0 atom stereocenters. The lowest BCUT2D eigenvalue weighted by molar-refractivity contribution is 0.947. The first-order valence-corrected chi connectivity index (χ1v) is 5.07. The lowest BCUT2D eigenvalue weighted by Gasteiger charge is -1.95. The van der Waals surface area contributed by atoms with Crippen LogP contribution in [0.25, 0.3) is 10.2 Å². The maximum Gasteiger partial charge on any atom is 0.259 e. The minimum absolute atomic E-state index is 0.0133. The average Bonchev–Trinajstić information content (AvgIpc) is 2.48. The Kier molecular flexibility index (Phi) is 1.92. The Hall–Kier alpha value is -1.16. The van der Waals surface area contributed by atoms with Gasteiger partial charge in [0.15, 0.2) is 0 Å². The summed E-state index contributed by atoms with van der Waals surface area (Å²) in [6.07, 6.45) is 0.766. The number of fused-ring (bicyclic) bond motifs is 1. The minimum atomic E-state index is -0.0133. The Morgan fingerprint density at radius 2 is 2.38 bits per heavy atom. The van der Waals surface area contributed by atoms with Crippen molar-refractivity contribution < 1.29 is 0 Å². The number of hydrogen-bond donors (Lipinski definition) is 1. The van der Waals surface area contributed by atoms with E-state index in [1.54, 1.807) is 0 Å². The van der Waals surface area contributed by atoms with Crippen LogP contribution in [0.15, 0.2) is 10.2 Å². The zero-order valence-electron chi connectivity index (χ0n) is 7.55. The smallest absolute Gasteiger partial charge is 0.259 e. The molecule has 0 fully saturated rings. The number of rotatable bonds is 1. The first-order valence-electron chi connectivity index (χ1n) is 4.19. The van der Waals surface area contributed by atoms with Gasteiger partial charge in [0.2, 0.25) is 0 Å². The normalized spacial score (nSPS) is 10.9. The molecule has 68 valence electrons. The van der Waals surface area contributed by atoms with Crippen LogP contribution in [0.1, 0.15) is 18.3 Å². The van der Waals surface area contributed by atoms with Crippen LogP contribution in [-0.4, -0.2) is 9.97 Å². The summed E-state index contributed by atoms with van der Waals surface area (Å²) in [7, 11) is 0. The number of aryl methyl sites for hydroxylation is 2. The van der Waals surface area contributed by atoms with E-state index in [9.17, 15) is 4.79 Å². The van der Waals surface area contributed by atoms with Crippen LogP contribution in [0.2, 0.25) is 0 Å². The number of nitrogens with zero attached hydrogens (tertiary/aromatic N) is 1. The molecule has 0 saturated carbocycles. The molecule has 0 aliphatic heterocycles. The summed E-state index contributed by atoms with van der Waals surface area (Å²) in [5.41, 5.74) is 0.997. The number of aromatic nitrogens is 2. The van der Waals surface area contributed by atoms with Crippen molar-refractivity contribution in [2.45, 2.75) is 20.3 Å². The highest BCUT2D eigenvalue weighted by molar-refractivity contribution is 7.16. The first kappa shape index (κ1) is 8.44. The summed E-state index contributed by atoms with van der Waals surface area (Å²) in [5.74, 6) is 0.763. The van der Waals surface area contributed by atoms with Crippen LogP contribution in [0.5, 0.6) is 0 Å². The number of H-pyrrole nitrogens is 1. The van der Waals surface area contributed by atoms with Crippen molar-refractivity contribution in [1.82, 2.24) is 9.97 Å². The predicted molar refractivity (Wildman–Crippen MR) is 54.4 cm³/mol. The van der Waals surface area contributed by atoms with Crippen molar-refractivity contribution in [1.29, 1.82) is 0 Å². The molecule has 3 nitrogen and oxygen atoms in total. The largest absolute Gasteiger partial charge is 0.310 e. The molecule has 0 aliphatic rings. The van der Waals surface area contributed by atoms with Gasteiger partial charge in [0.1, 0.15) is 10.7 Å². The molecule has 1 N–H and O–H groups in total. The zero-order chi connectivity index (χ0) is 9.42. The maximum absolute atomic E-state index is 11.6. The maximum atomic E-state index is 11.6. The van der Waals surface area contributed by atoms with Gasteiger partial charge in [-0.15, -0.1) is 11.3 Å². The number of nitrogens with one attached hydrogen (secondary N) is 1. The number of aromatic amines is 1. The average molecular weight is 194 g/mol. The molecule has 0 saturated heterocycles. The molecule has 4 heteroatoms. The summed E-state index contributed by atoms with van der Waals surface area (Å²) in [6.45, 7) is 3.91. The van der Waals surface area contributed by atoms with Crippen LogP contribution in [0.4, 0.5) is 0 Å². The van der Waals surface area contributed by atoms with Crippen LogP contribution >= 0.6 is 11.3 Å². The molecular weight excluding hydrogens is 184 g/mol. The standard InChI is InChI=1S/C9H10N2OS/c1-3-6-10-8(12)7-5(2)4-13-9(7)11-6/h4H,3H2,1-2H3,(H,10,11,12). The zero-order valence-corrected chi connectivity index (χ0v) is 8.36. The summed E-state index contributed by atoms with van der Waals surface area (Å²) in [4.78, 5) is 19.5. The molecule has 2 rings (SSSR count). The highest BCUT2D eigenvalue weighted by atomic mass is 32.1. The fourth-order valence-electron chi connectivity index (χ4n) is 1.30. The van der Waals surface area contributed by atoms with Gasteiger partial charge in [0.25, 0.3) is 5.56 Å². The molecule has 0 spiro atoms. The molecule has 2 heterocycles. The molecule has 0 aliphatic carbocycles.